The van der Waals surface area contributed by atoms with Crippen molar-refractivity contribution < 1.29 is 14.4 Å². The number of fused-ring (bicyclic) bond motifs is 3. The van der Waals surface area contributed by atoms with Gasteiger partial charge in [-0.1, -0.05) is 18.2 Å². The fraction of sp³-hybridized carbons (Fsp3) is 0.350. The zero-order valence-electron chi connectivity index (χ0n) is 14.7. The molecule has 0 saturated carbocycles. The van der Waals surface area contributed by atoms with Gasteiger partial charge in [-0.25, -0.2) is 4.79 Å². The number of amides is 4. The summed E-state index contributed by atoms with van der Waals surface area (Å²) in [6.07, 6.45) is 3.16. The van der Waals surface area contributed by atoms with Crippen LogP contribution in [0, 0.1) is 0 Å². The second-order valence-corrected chi connectivity index (χ2v) is 8.26. The van der Waals surface area contributed by atoms with E-state index in [0.29, 0.717) is 13.0 Å². The molecule has 1 saturated heterocycles. The van der Waals surface area contributed by atoms with E-state index in [1.165, 1.54) is 0 Å². The Hall–Kier alpha value is -2.67. The molecule has 1 N–H and O–H groups in total. The lowest BCUT2D eigenvalue weighted by atomic mass is 9.80. The summed E-state index contributed by atoms with van der Waals surface area (Å²) in [6, 6.07) is 9.22. The SMILES string of the molecule is O=C1N[C@]2(CCCc3sccc32)C(=O)N1CC(=O)N1CCc2ccccc21. The van der Waals surface area contributed by atoms with Gasteiger partial charge in [0.15, 0.2) is 0 Å². The van der Waals surface area contributed by atoms with E-state index in [2.05, 4.69) is 5.32 Å². The maximum absolute atomic E-state index is 13.2. The van der Waals surface area contributed by atoms with Crippen LogP contribution in [-0.2, 0) is 28.0 Å². The van der Waals surface area contributed by atoms with Crippen LogP contribution in [0.2, 0.25) is 0 Å². The van der Waals surface area contributed by atoms with Crippen molar-refractivity contribution in [2.24, 2.45) is 0 Å². The Labute approximate surface area is 160 Å². The first-order chi connectivity index (χ1) is 13.1. The summed E-state index contributed by atoms with van der Waals surface area (Å²) in [4.78, 5) is 42.6. The number of benzene rings is 1. The summed E-state index contributed by atoms with van der Waals surface area (Å²) in [7, 11) is 0. The van der Waals surface area contributed by atoms with Crippen LogP contribution in [0.1, 0.15) is 28.8 Å². The predicted molar refractivity (Wildman–Crippen MR) is 102 cm³/mol. The first-order valence-electron chi connectivity index (χ1n) is 9.19. The standard InChI is InChI=1S/C20H19N3O3S/c24-17(22-10-7-13-4-1-2-5-15(13)22)12-23-18(25)20(21-19(23)26)9-3-6-16-14(20)8-11-27-16/h1-2,4-5,8,11H,3,6-7,9-10,12H2,(H,21,26)/t20-/m0/s1. The van der Waals surface area contributed by atoms with Crippen molar-refractivity contribution in [1.29, 1.82) is 0 Å². The third kappa shape index (κ3) is 2.34. The second kappa shape index (κ2) is 5.92. The topological polar surface area (TPSA) is 69.7 Å². The minimum atomic E-state index is -0.992. The first kappa shape index (κ1) is 16.5. The van der Waals surface area contributed by atoms with Gasteiger partial charge in [0.05, 0.1) is 0 Å². The molecule has 2 aliphatic heterocycles. The van der Waals surface area contributed by atoms with E-state index in [1.54, 1.807) is 16.2 Å². The molecule has 138 valence electrons. The highest BCUT2D eigenvalue weighted by atomic mass is 32.1. The molecule has 7 heteroatoms. The molecule has 5 rings (SSSR count). The Morgan fingerprint density at radius 2 is 2.04 bits per heavy atom. The smallest absolute Gasteiger partial charge is 0.319 e. The summed E-state index contributed by atoms with van der Waals surface area (Å²) in [5, 5.41) is 4.86. The highest BCUT2D eigenvalue weighted by Crippen LogP contribution is 2.42. The number of para-hydroxylation sites is 1. The van der Waals surface area contributed by atoms with E-state index in [9.17, 15) is 14.4 Å². The normalized spacial score (nSPS) is 23.6. The van der Waals surface area contributed by atoms with Crippen LogP contribution in [0.25, 0.3) is 0 Å². The number of nitrogens with zero attached hydrogens (tertiary/aromatic N) is 2. The molecule has 27 heavy (non-hydrogen) atoms. The molecule has 1 aromatic carbocycles. The summed E-state index contributed by atoms with van der Waals surface area (Å²) < 4.78 is 0. The number of urea groups is 1. The van der Waals surface area contributed by atoms with E-state index in [-0.39, 0.29) is 18.4 Å². The number of anilines is 1. The van der Waals surface area contributed by atoms with Crippen molar-refractivity contribution in [3.8, 4) is 0 Å². The molecule has 1 aliphatic carbocycles. The minimum Gasteiger partial charge on any atom is -0.319 e. The van der Waals surface area contributed by atoms with Gasteiger partial charge in [-0.05, 0) is 48.8 Å². The number of hydrogen-bond acceptors (Lipinski definition) is 4. The molecule has 2 aromatic rings. The maximum atomic E-state index is 13.2. The lowest BCUT2D eigenvalue weighted by molar-refractivity contribution is -0.135. The van der Waals surface area contributed by atoms with Gasteiger partial charge < -0.3 is 10.2 Å². The highest BCUT2D eigenvalue weighted by Gasteiger charge is 2.54. The van der Waals surface area contributed by atoms with Gasteiger partial charge >= 0.3 is 6.03 Å². The number of carbonyl (C=O) groups is 3. The number of imide groups is 1. The largest absolute Gasteiger partial charge is 0.325 e. The zero-order chi connectivity index (χ0) is 18.6. The summed E-state index contributed by atoms with van der Waals surface area (Å²) in [5.74, 6) is -0.519. The van der Waals surface area contributed by atoms with E-state index in [0.717, 1.165) is 45.9 Å². The third-order valence-corrected chi connectivity index (χ3v) is 6.80. The average Bonchev–Trinajstić information content (AvgIpc) is 3.36. The first-order valence-corrected chi connectivity index (χ1v) is 10.1. The molecule has 0 unspecified atom stereocenters. The Morgan fingerprint density at radius 1 is 1.19 bits per heavy atom. The molecule has 4 amide bonds. The van der Waals surface area contributed by atoms with Gasteiger partial charge in [-0.15, -0.1) is 11.3 Å². The van der Waals surface area contributed by atoms with Crippen LogP contribution in [0.4, 0.5) is 10.5 Å². The quantitative estimate of drug-likeness (QED) is 0.813. The lowest BCUT2D eigenvalue weighted by Gasteiger charge is -2.31. The average molecular weight is 381 g/mol. The highest BCUT2D eigenvalue weighted by molar-refractivity contribution is 7.10. The monoisotopic (exact) mass is 381 g/mol. The van der Waals surface area contributed by atoms with Crippen molar-refractivity contribution in [3.63, 3.8) is 0 Å². The van der Waals surface area contributed by atoms with E-state index in [4.69, 9.17) is 0 Å². The van der Waals surface area contributed by atoms with Crippen LogP contribution < -0.4 is 10.2 Å². The molecule has 1 fully saturated rings. The molecule has 3 aliphatic rings. The zero-order valence-corrected chi connectivity index (χ0v) is 15.6. The molecule has 0 bridgehead atoms. The van der Waals surface area contributed by atoms with E-state index < -0.39 is 11.6 Å². The number of nitrogens with one attached hydrogen (secondary N) is 1. The van der Waals surface area contributed by atoms with E-state index >= 15 is 0 Å². The van der Waals surface area contributed by atoms with Crippen LogP contribution >= 0.6 is 11.3 Å². The van der Waals surface area contributed by atoms with Crippen molar-refractivity contribution in [1.82, 2.24) is 10.2 Å². The Morgan fingerprint density at radius 3 is 2.93 bits per heavy atom. The van der Waals surface area contributed by atoms with Crippen LogP contribution in [0.3, 0.4) is 0 Å². The van der Waals surface area contributed by atoms with Gasteiger partial charge in [-0.3, -0.25) is 14.5 Å². The van der Waals surface area contributed by atoms with Gasteiger partial charge in [0.25, 0.3) is 5.91 Å². The van der Waals surface area contributed by atoms with Gasteiger partial charge in [0.2, 0.25) is 5.91 Å². The van der Waals surface area contributed by atoms with Crippen LogP contribution in [-0.4, -0.2) is 35.8 Å². The number of hydrogen-bond donors (Lipinski definition) is 1. The minimum absolute atomic E-state index is 0.221. The Bertz CT molecular complexity index is 969. The molecular weight excluding hydrogens is 362 g/mol. The Kier molecular flexibility index (Phi) is 3.62. The lowest BCUT2D eigenvalue weighted by Crippen LogP contribution is -2.47. The molecule has 1 aromatic heterocycles. The number of carbonyl (C=O) groups excluding carboxylic acids is 3. The third-order valence-electron chi connectivity index (χ3n) is 5.82. The van der Waals surface area contributed by atoms with Crippen molar-refractivity contribution in [3.05, 3.63) is 51.7 Å². The molecule has 6 nitrogen and oxygen atoms in total. The van der Waals surface area contributed by atoms with Gasteiger partial charge in [0.1, 0.15) is 12.1 Å². The Balaban J connectivity index is 1.41. The maximum Gasteiger partial charge on any atom is 0.325 e. The molecular formula is C20H19N3O3S. The number of thiophene rings is 1. The molecule has 1 spiro atoms. The summed E-state index contributed by atoms with van der Waals surface area (Å²) in [6.45, 7) is 0.363. The summed E-state index contributed by atoms with van der Waals surface area (Å²) >= 11 is 1.62. The summed E-state index contributed by atoms with van der Waals surface area (Å²) in [5.41, 5.74) is 1.91. The van der Waals surface area contributed by atoms with Gasteiger partial charge in [0, 0.05) is 22.7 Å². The molecule has 0 radical (unpaired) electrons. The molecule has 3 heterocycles. The van der Waals surface area contributed by atoms with Crippen molar-refractivity contribution >= 4 is 34.9 Å². The van der Waals surface area contributed by atoms with Crippen LogP contribution in [0.5, 0.6) is 0 Å². The fourth-order valence-corrected chi connectivity index (χ4v) is 5.50. The number of rotatable bonds is 2. The number of aryl methyl sites for hydroxylation is 1. The van der Waals surface area contributed by atoms with Crippen molar-refractivity contribution in [2.45, 2.75) is 31.2 Å². The van der Waals surface area contributed by atoms with Gasteiger partial charge in [-0.2, -0.15) is 0 Å². The second-order valence-electron chi connectivity index (χ2n) is 7.26. The predicted octanol–water partition coefficient (Wildman–Crippen LogP) is 2.42. The van der Waals surface area contributed by atoms with Crippen molar-refractivity contribution in [2.75, 3.05) is 18.0 Å². The van der Waals surface area contributed by atoms with Crippen LogP contribution in [0.15, 0.2) is 35.7 Å². The fourth-order valence-electron chi connectivity index (χ4n) is 4.50. The molecule has 1 atom stereocenters. The van der Waals surface area contributed by atoms with E-state index in [1.807, 2.05) is 35.7 Å².